The van der Waals surface area contributed by atoms with E-state index in [0.717, 1.165) is 31.4 Å². The molecule has 1 aliphatic rings. The molecule has 0 amide bonds. The monoisotopic (exact) mass is 303 g/mol. The molecule has 0 saturated carbocycles. The summed E-state index contributed by atoms with van der Waals surface area (Å²) < 4.78 is 6.04. The van der Waals surface area contributed by atoms with Crippen LogP contribution in [0.4, 0.5) is 5.69 Å². The zero-order chi connectivity index (χ0) is 15.8. The fraction of sp³-hybridized carbons (Fsp3) is 0.556. The van der Waals surface area contributed by atoms with Crippen LogP contribution in [0.3, 0.4) is 0 Å². The van der Waals surface area contributed by atoms with Gasteiger partial charge in [0, 0.05) is 24.7 Å². The first kappa shape index (κ1) is 16.7. The number of hydrogen-bond donors (Lipinski definition) is 0. The van der Waals surface area contributed by atoms with Gasteiger partial charge in [-0.1, -0.05) is 38.3 Å². The first-order chi connectivity index (χ1) is 10.7. The Morgan fingerprint density at radius 3 is 2.77 bits per heavy atom. The zero-order valence-electron chi connectivity index (χ0n) is 13.2. The number of rotatable bonds is 6. The Morgan fingerprint density at radius 1 is 1.32 bits per heavy atom. The largest absolute Gasteiger partial charge is 0.373 e. The highest BCUT2D eigenvalue weighted by Crippen LogP contribution is 2.34. The van der Waals surface area contributed by atoms with E-state index in [1.165, 1.54) is 19.3 Å². The Kier molecular flexibility index (Phi) is 6.59. The number of hydrogen-bond acceptors (Lipinski definition) is 3. The summed E-state index contributed by atoms with van der Waals surface area (Å²) in [5.41, 5.74) is 1.17. The third kappa shape index (κ3) is 4.67. The predicted molar refractivity (Wildman–Crippen MR) is 87.8 cm³/mol. The summed E-state index contributed by atoms with van der Waals surface area (Å²) in [6, 6.07) is 6.81. The molecule has 0 aliphatic carbocycles. The van der Waals surface area contributed by atoms with Gasteiger partial charge in [0.15, 0.2) is 0 Å². The maximum Gasteiger partial charge on any atom is 0.269 e. The number of benzene rings is 1. The van der Waals surface area contributed by atoms with Gasteiger partial charge in [-0.25, -0.2) is 0 Å². The molecule has 0 aromatic heterocycles. The fourth-order valence-corrected chi connectivity index (χ4v) is 2.89. The van der Waals surface area contributed by atoms with Gasteiger partial charge in [-0.15, -0.1) is 0 Å². The second-order valence-corrected chi connectivity index (χ2v) is 5.87. The van der Waals surface area contributed by atoms with Gasteiger partial charge in [-0.3, -0.25) is 10.1 Å². The van der Waals surface area contributed by atoms with Crippen LogP contribution in [0, 0.1) is 16.0 Å². The van der Waals surface area contributed by atoms with Gasteiger partial charge in [-0.2, -0.15) is 0 Å². The highest BCUT2D eigenvalue weighted by molar-refractivity contribution is 5.34. The SMILES string of the molecule is CCCC/C=C/[C@@H]1CCCCO[C@H]1c1ccc([N+](=O)[O-])cc1. The van der Waals surface area contributed by atoms with Gasteiger partial charge in [0.2, 0.25) is 0 Å². The standard InChI is InChI=1S/C18H25NO3/c1-2-3-4-5-8-15-9-6-7-14-22-18(15)16-10-12-17(13-11-16)19(20)21/h5,8,10-13,15,18H,2-4,6-7,9,14H2,1H3/b8-5+/t15-,18-/m1/s1. The maximum atomic E-state index is 10.8. The smallest absolute Gasteiger partial charge is 0.269 e. The number of non-ortho nitro benzene ring substituents is 1. The fourth-order valence-electron chi connectivity index (χ4n) is 2.89. The predicted octanol–water partition coefficient (Wildman–Crippen LogP) is 5.20. The van der Waals surface area contributed by atoms with E-state index < -0.39 is 0 Å². The molecule has 22 heavy (non-hydrogen) atoms. The molecule has 4 nitrogen and oxygen atoms in total. The van der Waals surface area contributed by atoms with Gasteiger partial charge in [0.1, 0.15) is 0 Å². The third-order valence-corrected chi connectivity index (χ3v) is 4.16. The lowest BCUT2D eigenvalue weighted by molar-refractivity contribution is -0.384. The van der Waals surface area contributed by atoms with E-state index >= 15 is 0 Å². The summed E-state index contributed by atoms with van der Waals surface area (Å²) in [5.74, 6) is 0.362. The Morgan fingerprint density at radius 2 is 2.09 bits per heavy atom. The number of allylic oxidation sites excluding steroid dienone is 1. The summed E-state index contributed by atoms with van der Waals surface area (Å²) >= 11 is 0. The second kappa shape index (κ2) is 8.69. The molecule has 0 spiro atoms. The molecule has 4 heteroatoms. The number of nitrogens with zero attached hydrogens (tertiary/aromatic N) is 1. The molecule has 2 rings (SSSR count). The van der Waals surface area contributed by atoms with Crippen molar-refractivity contribution in [3.63, 3.8) is 0 Å². The molecule has 1 aliphatic heterocycles. The highest BCUT2D eigenvalue weighted by Gasteiger charge is 2.24. The van der Waals surface area contributed by atoms with Crippen LogP contribution in [0.25, 0.3) is 0 Å². The molecule has 0 N–H and O–H groups in total. The van der Waals surface area contributed by atoms with E-state index in [-0.39, 0.29) is 16.7 Å². The van der Waals surface area contributed by atoms with Crippen LogP contribution in [0.1, 0.15) is 57.1 Å². The quantitative estimate of drug-likeness (QED) is 0.314. The average molecular weight is 303 g/mol. The first-order valence-corrected chi connectivity index (χ1v) is 8.25. The summed E-state index contributed by atoms with van der Waals surface area (Å²) in [4.78, 5) is 10.4. The molecule has 1 aromatic rings. The minimum atomic E-state index is -0.361. The highest BCUT2D eigenvalue weighted by atomic mass is 16.6. The average Bonchev–Trinajstić information content (AvgIpc) is 2.77. The van der Waals surface area contributed by atoms with Crippen LogP contribution in [-0.2, 0) is 4.74 Å². The van der Waals surface area contributed by atoms with E-state index in [2.05, 4.69) is 19.1 Å². The Labute approximate surface area is 132 Å². The van der Waals surface area contributed by atoms with E-state index in [0.29, 0.717) is 5.92 Å². The molecular weight excluding hydrogens is 278 g/mol. The van der Waals surface area contributed by atoms with Crippen molar-refractivity contribution in [2.45, 2.75) is 51.6 Å². The molecule has 0 bridgehead atoms. The van der Waals surface area contributed by atoms with E-state index in [4.69, 9.17) is 4.74 Å². The Hall–Kier alpha value is -1.68. The lowest BCUT2D eigenvalue weighted by Crippen LogP contribution is -2.12. The van der Waals surface area contributed by atoms with Gasteiger partial charge in [-0.05, 0) is 37.0 Å². The molecule has 1 heterocycles. The van der Waals surface area contributed by atoms with Crippen molar-refractivity contribution in [2.75, 3.05) is 6.61 Å². The van der Waals surface area contributed by atoms with Crippen molar-refractivity contribution < 1.29 is 9.66 Å². The number of nitro groups is 1. The lowest BCUT2D eigenvalue weighted by atomic mass is 9.91. The van der Waals surface area contributed by atoms with Gasteiger partial charge in [0.05, 0.1) is 11.0 Å². The number of nitro benzene ring substituents is 1. The van der Waals surface area contributed by atoms with E-state index in [1.54, 1.807) is 12.1 Å². The summed E-state index contributed by atoms with van der Waals surface area (Å²) in [6.07, 6.45) is 11.5. The normalized spacial score (nSPS) is 22.6. The van der Waals surface area contributed by atoms with Crippen molar-refractivity contribution in [3.8, 4) is 0 Å². The summed E-state index contributed by atoms with van der Waals surface area (Å²) in [7, 11) is 0. The van der Waals surface area contributed by atoms with Crippen LogP contribution in [-0.4, -0.2) is 11.5 Å². The van der Waals surface area contributed by atoms with Crippen molar-refractivity contribution >= 4 is 5.69 Å². The molecular formula is C18H25NO3. The number of ether oxygens (including phenoxy) is 1. The van der Waals surface area contributed by atoms with Crippen LogP contribution >= 0.6 is 0 Å². The summed E-state index contributed by atoms with van der Waals surface area (Å²) in [6.45, 7) is 2.96. The van der Waals surface area contributed by atoms with Gasteiger partial charge >= 0.3 is 0 Å². The number of unbranched alkanes of at least 4 members (excludes halogenated alkanes) is 2. The second-order valence-electron chi connectivity index (χ2n) is 5.87. The van der Waals surface area contributed by atoms with Crippen LogP contribution in [0.5, 0.6) is 0 Å². The van der Waals surface area contributed by atoms with Crippen LogP contribution < -0.4 is 0 Å². The van der Waals surface area contributed by atoms with Crippen LogP contribution in [0.2, 0.25) is 0 Å². The lowest BCUT2D eigenvalue weighted by Gasteiger charge is -2.23. The minimum absolute atomic E-state index is 0.0150. The van der Waals surface area contributed by atoms with Crippen molar-refractivity contribution in [1.82, 2.24) is 0 Å². The Balaban J connectivity index is 2.12. The van der Waals surface area contributed by atoms with Gasteiger partial charge < -0.3 is 4.74 Å². The Bertz CT molecular complexity index is 496. The molecule has 1 fully saturated rings. The molecule has 1 saturated heterocycles. The minimum Gasteiger partial charge on any atom is -0.373 e. The van der Waals surface area contributed by atoms with E-state index in [1.807, 2.05) is 12.1 Å². The van der Waals surface area contributed by atoms with Crippen LogP contribution in [0.15, 0.2) is 36.4 Å². The molecule has 1 aromatic carbocycles. The topological polar surface area (TPSA) is 52.4 Å². The maximum absolute atomic E-state index is 10.8. The van der Waals surface area contributed by atoms with Crippen molar-refractivity contribution in [1.29, 1.82) is 0 Å². The zero-order valence-corrected chi connectivity index (χ0v) is 13.2. The molecule has 2 atom stereocenters. The first-order valence-electron chi connectivity index (χ1n) is 8.25. The molecule has 120 valence electrons. The molecule has 0 radical (unpaired) electrons. The molecule has 0 unspecified atom stereocenters. The summed E-state index contributed by atoms with van der Waals surface area (Å²) in [5, 5.41) is 10.8. The van der Waals surface area contributed by atoms with E-state index in [9.17, 15) is 10.1 Å². The van der Waals surface area contributed by atoms with Crippen molar-refractivity contribution in [3.05, 3.63) is 52.1 Å². The third-order valence-electron chi connectivity index (χ3n) is 4.16. The van der Waals surface area contributed by atoms with Crippen molar-refractivity contribution in [2.24, 2.45) is 5.92 Å². The van der Waals surface area contributed by atoms with Gasteiger partial charge in [0.25, 0.3) is 5.69 Å².